The van der Waals surface area contributed by atoms with Crippen molar-refractivity contribution >= 4 is 11.6 Å². The van der Waals surface area contributed by atoms with Gasteiger partial charge in [0, 0.05) is 30.9 Å². The maximum atomic E-state index is 12.7. The molecule has 2 aromatic carbocycles. The van der Waals surface area contributed by atoms with Gasteiger partial charge in [0.05, 0.1) is 6.20 Å². The normalized spacial score (nSPS) is 15.8. The van der Waals surface area contributed by atoms with Crippen molar-refractivity contribution in [3.8, 4) is 17.2 Å². The Hall–Kier alpha value is -3.75. The molecule has 1 amide bonds. The maximum absolute atomic E-state index is 12.7. The molecule has 4 rings (SSSR count). The van der Waals surface area contributed by atoms with Crippen LogP contribution in [0.5, 0.6) is 17.2 Å². The molecule has 0 spiro atoms. The number of hydrogen-bond donors (Lipinski definition) is 1. The summed E-state index contributed by atoms with van der Waals surface area (Å²) in [4.78, 5) is 17.7. The first-order valence-electron chi connectivity index (χ1n) is 10.4. The van der Waals surface area contributed by atoms with Crippen LogP contribution in [0.25, 0.3) is 0 Å². The van der Waals surface area contributed by atoms with Crippen molar-refractivity contribution in [2.24, 2.45) is 0 Å². The first kappa shape index (κ1) is 22.4. The summed E-state index contributed by atoms with van der Waals surface area (Å²) < 4.78 is 49.1. The van der Waals surface area contributed by atoms with Crippen LogP contribution in [0, 0.1) is 0 Å². The molecule has 1 N–H and O–H groups in total. The highest BCUT2D eigenvalue weighted by atomic mass is 19.4. The Balaban J connectivity index is 1.30. The number of benzene rings is 2. The highest BCUT2D eigenvalue weighted by molar-refractivity contribution is 5.78. The van der Waals surface area contributed by atoms with Crippen LogP contribution in [0.15, 0.2) is 72.9 Å². The van der Waals surface area contributed by atoms with Crippen molar-refractivity contribution in [1.82, 2.24) is 10.3 Å². The topological polar surface area (TPSA) is 63.7 Å². The van der Waals surface area contributed by atoms with Gasteiger partial charge in [-0.2, -0.15) is 13.2 Å². The zero-order valence-electron chi connectivity index (χ0n) is 17.6. The average molecular weight is 457 g/mol. The molecule has 1 atom stereocenters. The van der Waals surface area contributed by atoms with E-state index in [2.05, 4.69) is 15.2 Å². The third-order valence-corrected chi connectivity index (χ3v) is 5.11. The van der Waals surface area contributed by atoms with Crippen LogP contribution in [-0.4, -0.2) is 36.6 Å². The molecule has 0 radical (unpaired) electrons. The zero-order chi connectivity index (χ0) is 23.3. The number of carbonyl (C=O) groups is 1. The Morgan fingerprint density at radius 2 is 1.82 bits per heavy atom. The standard InChI is InChI=1S/C24H22F3N3O3/c25-24(26,27)22-10-9-21(14-28-22)33-20-8-4-5-18(13-20)30-12-11-17(15-30)29-23(31)16-32-19-6-2-1-3-7-19/h1-10,13-14,17H,11-12,15-16H2,(H,29,31)/t17-/m0/s1. The van der Waals surface area contributed by atoms with Crippen molar-refractivity contribution in [3.05, 3.63) is 78.6 Å². The predicted molar refractivity (Wildman–Crippen MR) is 116 cm³/mol. The van der Waals surface area contributed by atoms with Gasteiger partial charge in [0.25, 0.3) is 5.91 Å². The van der Waals surface area contributed by atoms with Crippen molar-refractivity contribution in [2.75, 3.05) is 24.6 Å². The second-order valence-corrected chi connectivity index (χ2v) is 7.58. The van der Waals surface area contributed by atoms with Gasteiger partial charge in [-0.1, -0.05) is 24.3 Å². The number of nitrogens with one attached hydrogen (secondary N) is 1. The Kier molecular flexibility index (Phi) is 6.67. The van der Waals surface area contributed by atoms with E-state index >= 15 is 0 Å². The lowest BCUT2D eigenvalue weighted by Crippen LogP contribution is -2.39. The fraction of sp³-hybridized carbons (Fsp3) is 0.250. The van der Waals surface area contributed by atoms with Gasteiger partial charge in [-0.3, -0.25) is 4.79 Å². The van der Waals surface area contributed by atoms with Crippen molar-refractivity contribution < 1.29 is 27.4 Å². The van der Waals surface area contributed by atoms with Crippen LogP contribution >= 0.6 is 0 Å². The number of amides is 1. The number of rotatable bonds is 7. The van der Waals surface area contributed by atoms with Gasteiger partial charge in [-0.25, -0.2) is 4.98 Å². The molecule has 1 saturated heterocycles. The first-order chi connectivity index (χ1) is 15.9. The SMILES string of the molecule is O=C(COc1ccccc1)N[C@H]1CCN(c2cccc(Oc3ccc(C(F)(F)F)nc3)c2)C1. The van der Waals surface area contributed by atoms with Gasteiger partial charge in [0.15, 0.2) is 6.61 Å². The summed E-state index contributed by atoms with van der Waals surface area (Å²) in [7, 11) is 0. The molecule has 0 saturated carbocycles. The molecule has 3 aromatic rings. The lowest BCUT2D eigenvalue weighted by molar-refractivity contribution is -0.141. The number of halogens is 3. The van der Waals surface area contributed by atoms with Crippen molar-refractivity contribution in [1.29, 1.82) is 0 Å². The molecule has 172 valence electrons. The van der Waals surface area contributed by atoms with E-state index in [-0.39, 0.29) is 24.3 Å². The number of hydrogen-bond acceptors (Lipinski definition) is 5. The largest absolute Gasteiger partial charge is 0.484 e. The predicted octanol–water partition coefficient (Wildman–Crippen LogP) is 4.67. The maximum Gasteiger partial charge on any atom is 0.433 e. The molecule has 33 heavy (non-hydrogen) atoms. The minimum absolute atomic E-state index is 0.0134. The molecule has 1 aliphatic rings. The molecule has 0 bridgehead atoms. The van der Waals surface area contributed by atoms with E-state index in [1.807, 2.05) is 30.3 Å². The van der Waals surface area contributed by atoms with Crippen LogP contribution in [0.4, 0.5) is 18.9 Å². The van der Waals surface area contributed by atoms with Crippen LogP contribution in [0.1, 0.15) is 12.1 Å². The molecular formula is C24H22F3N3O3. The number of alkyl halides is 3. The fourth-order valence-corrected chi connectivity index (χ4v) is 3.54. The number of aromatic nitrogens is 1. The third-order valence-electron chi connectivity index (χ3n) is 5.11. The minimum Gasteiger partial charge on any atom is -0.484 e. The van der Waals surface area contributed by atoms with E-state index in [9.17, 15) is 18.0 Å². The van der Waals surface area contributed by atoms with Gasteiger partial charge in [-0.05, 0) is 42.8 Å². The summed E-state index contributed by atoms with van der Waals surface area (Å²) in [6.07, 6.45) is -2.66. The van der Waals surface area contributed by atoms with Crippen LogP contribution in [0.3, 0.4) is 0 Å². The lowest BCUT2D eigenvalue weighted by atomic mass is 10.2. The Morgan fingerprint density at radius 1 is 1.03 bits per heavy atom. The van der Waals surface area contributed by atoms with Crippen LogP contribution < -0.4 is 19.7 Å². The number of pyridine rings is 1. The second-order valence-electron chi connectivity index (χ2n) is 7.58. The van der Waals surface area contributed by atoms with Crippen LogP contribution in [0.2, 0.25) is 0 Å². The summed E-state index contributed by atoms with van der Waals surface area (Å²) in [6.45, 7) is 1.32. The molecule has 0 unspecified atom stereocenters. The molecule has 0 aliphatic carbocycles. The molecule has 1 fully saturated rings. The first-order valence-corrected chi connectivity index (χ1v) is 10.4. The van der Waals surface area contributed by atoms with Gasteiger partial charge in [-0.15, -0.1) is 0 Å². The van der Waals surface area contributed by atoms with Gasteiger partial charge in [0.1, 0.15) is 22.9 Å². The van der Waals surface area contributed by atoms with Gasteiger partial charge in [0.2, 0.25) is 0 Å². The van der Waals surface area contributed by atoms with Crippen molar-refractivity contribution in [3.63, 3.8) is 0 Å². The van der Waals surface area contributed by atoms with Gasteiger partial charge >= 0.3 is 6.18 Å². The van der Waals surface area contributed by atoms with E-state index in [4.69, 9.17) is 9.47 Å². The summed E-state index contributed by atoms with van der Waals surface area (Å²) in [5.41, 5.74) is -0.0763. The van der Waals surface area contributed by atoms with E-state index in [1.165, 1.54) is 6.07 Å². The quantitative estimate of drug-likeness (QED) is 0.559. The van der Waals surface area contributed by atoms with Gasteiger partial charge < -0.3 is 19.7 Å². The Morgan fingerprint density at radius 3 is 2.55 bits per heavy atom. The highest BCUT2D eigenvalue weighted by Gasteiger charge is 2.32. The number of para-hydroxylation sites is 1. The minimum atomic E-state index is -4.49. The number of anilines is 1. The van der Waals surface area contributed by atoms with E-state index in [0.29, 0.717) is 18.0 Å². The van der Waals surface area contributed by atoms with E-state index < -0.39 is 11.9 Å². The fourth-order valence-electron chi connectivity index (χ4n) is 3.54. The van der Waals surface area contributed by atoms with Crippen LogP contribution in [-0.2, 0) is 11.0 Å². The summed E-state index contributed by atoms with van der Waals surface area (Å²) in [5, 5.41) is 2.98. The highest BCUT2D eigenvalue weighted by Crippen LogP contribution is 2.31. The summed E-state index contributed by atoms with van der Waals surface area (Å²) in [6, 6.07) is 18.5. The molecule has 1 aliphatic heterocycles. The number of carbonyl (C=O) groups excluding carboxylic acids is 1. The Bertz CT molecular complexity index is 1080. The monoisotopic (exact) mass is 457 g/mol. The Labute approximate surface area is 189 Å². The molecule has 6 nitrogen and oxygen atoms in total. The molecule has 9 heteroatoms. The molecular weight excluding hydrogens is 435 g/mol. The molecule has 2 heterocycles. The smallest absolute Gasteiger partial charge is 0.433 e. The summed E-state index contributed by atoms with van der Waals surface area (Å²) in [5.74, 6) is 1.15. The van der Waals surface area contributed by atoms with E-state index in [1.54, 1.807) is 24.3 Å². The number of nitrogens with zero attached hydrogens (tertiary/aromatic N) is 2. The molecule has 1 aromatic heterocycles. The third kappa shape index (κ3) is 6.15. The van der Waals surface area contributed by atoms with E-state index in [0.717, 1.165) is 30.9 Å². The number of ether oxygens (including phenoxy) is 2. The summed E-state index contributed by atoms with van der Waals surface area (Å²) >= 11 is 0. The lowest BCUT2D eigenvalue weighted by Gasteiger charge is -2.20. The average Bonchev–Trinajstić information content (AvgIpc) is 3.27. The van der Waals surface area contributed by atoms with Crippen molar-refractivity contribution in [2.45, 2.75) is 18.6 Å². The zero-order valence-corrected chi connectivity index (χ0v) is 17.6. The second kappa shape index (κ2) is 9.81.